The Hall–Kier alpha value is -1.65. The van der Waals surface area contributed by atoms with E-state index in [1.54, 1.807) is 0 Å². The maximum absolute atomic E-state index is 13.1. The van der Waals surface area contributed by atoms with Gasteiger partial charge in [0.05, 0.1) is 0 Å². The lowest BCUT2D eigenvalue weighted by Gasteiger charge is -2.32. The highest BCUT2D eigenvalue weighted by atomic mass is 35.5. The van der Waals surface area contributed by atoms with Crippen molar-refractivity contribution in [3.63, 3.8) is 0 Å². The van der Waals surface area contributed by atoms with Crippen molar-refractivity contribution in [2.75, 3.05) is 5.32 Å². The first-order chi connectivity index (χ1) is 11.6. The van der Waals surface area contributed by atoms with Crippen LogP contribution in [0.4, 0.5) is 10.1 Å². The van der Waals surface area contributed by atoms with Gasteiger partial charge < -0.3 is 10.2 Å². The normalized spacial score (nSPS) is 14.6. The summed E-state index contributed by atoms with van der Waals surface area (Å²) in [5, 5.41) is 4.70. The molecule has 1 aliphatic rings. The molecule has 2 aromatic carbocycles. The van der Waals surface area contributed by atoms with E-state index in [4.69, 9.17) is 23.8 Å². The fourth-order valence-electron chi connectivity index (χ4n) is 3.10. The molecule has 0 aromatic heterocycles. The molecule has 126 valence electrons. The Morgan fingerprint density at radius 3 is 2.33 bits per heavy atom. The fourth-order valence-corrected chi connectivity index (χ4v) is 3.56. The molecular formula is C19H20ClFN2S. The molecule has 0 spiro atoms. The summed E-state index contributed by atoms with van der Waals surface area (Å²) >= 11 is 11.6. The van der Waals surface area contributed by atoms with Crippen molar-refractivity contribution in [2.24, 2.45) is 0 Å². The van der Waals surface area contributed by atoms with Gasteiger partial charge in [-0.1, -0.05) is 36.6 Å². The number of thiocarbonyl (C=S) groups is 1. The van der Waals surface area contributed by atoms with Crippen molar-refractivity contribution in [3.05, 3.63) is 64.9 Å². The number of nitrogens with zero attached hydrogens (tertiary/aromatic N) is 1. The number of nitrogens with one attached hydrogen (secondary N) is 1. The molecule has 1 aliphatic carbocycles. The molecule has 0 amide bonds. The second-order valence-corrected chi connectivity index (χ2v) is 6.95. The minimum Gasteiger partial charge on any atom is -0.342 e. The third-order valence-electron chi connectivity index (χ3n) is 4.39. The van der Waals surface area contributed by atoms with Crippen LogP contribution in [-0.4, -0.2) is 16.1 Å². The average Bonchev–Trinajstić information content (AvgIpc) is 3.10. The molecule has 3 rings (SSSR count). The Kier molecular flexibility index (Phi) is 5.69. The van der Waals surface area contributed by atoms with Gasteiger partial charge in [0.25, 0.3) is 0 Å². The van der Waals surface area contributed by atoms with Crippen LogP contribution in [0.2, 0.25) is 5.02 Å². The summed E-state index contributed by atoms with van der Waals surface area (Å²) in [7, 11) is 0. The number of anilines is 1. The lowest BCUT2D eigenvalue weighted by molar-refractivity contribution is 0.312. The number of rotatable bonds is 4. The first-order valence-corrected chi connectivity index (χ1v) is 8.98. The molecule has 1 saturated carbocycles. The molecule has 1 fully saturated rings. The Balaban J connectivity index is 1.74. The van der Waals surface area contributed by atoms with Gasteiger partial charge in [0.2, 0.25) is 0 Å². The van der Waals surface area contributed by atoms with E-state index in [-0.39, 0.29) is 5.82 Å². The van der Waals surface area contributed by atoms with Crippen LogP contribution in [0.5, 0.6) is 0 Å². The molecule has 0 saturated heterocycles. The summed E-state index contributed by atoms with van der Waals surface area (Å²) in [5.74, 6) is -0.215. The Morgan fingerprint density at radius 1 is 1.08 bits per heavy atom. The van der Waals surface area contributed by atoms with Gasteiger partial charge >= 0.3 is 0 Å². The molecule has 0 aliphatic heterocycles. The molecule has 0 radical (unpaired) electrons. The molecule has 1 N–H and O–H groups in total. The molecule has 0 heterocycles. The van der Waals surface area contributed by atoms with E-state index < -0.39 is 0 Å². The van der Waals surface area contributed by atoms with Crippen molar-refractivity contribution >= 4 is 34.6 Å². The number of hydrogen-bond donors (Lipinski definition) is 1. The predicted molar refractivity (Wildman–Crippen MR) is 102 cm³/mol. The van der Waals surface area contributed by atoms with Crippen LogP contribution < -0.4 is 5.32 Å². The maximum Gasteiger partial charge on any atom is 0.173 e. The van der Waals surface area contributed by atoms with Crippen LogP contribution in [0, 0.1) is 5.82 Å². The summed E-state index contributed by atoms with van der Waals surface area (Å²) < 4.78 is 13.1. The average molecular weight is 363 g/mol. The SMILES string of the molecule is Fc1ccc(CN(C(=S)Nc2ccc(Cl)cc2)C2CCCC2)cc1. The van der Waals surface area contributed by atoms with Crippen LogP contribution in [0.3, 0.4) is 0 Å². The van der Waals surface area contributed by atoms with Gasteiger partial charge in [-0.15, -0.1) is 0 Å². The van der Waals surface area contributed by atoms with Gasteiger partial charge in [-0.25, -0.2) is 4.39 Å². The lowest BCUT2D eigenvalue weighted by Crippen LogP contribution is -2.40. The molecule has 0 bridgehead atoms. The lowest BCUT2D eigenvalue weighted by atomic mass is 10.1. The zero-order valence-corrected chi connectivity index (χ0v) is 14.9. The molecule has 5 heteroatoms. The Morgan fingerprint density at radius 2 is 1.71 bits per heavy atom. The van der Waals surface area contributed by atoms with Crippen molar-refractivity contribution in [1.82, 2.24) is 4.90 Å². The summed E-state index contributed by atoms with van der Waals surface area (Å²) in [4.78, 5) is 2.23. The molecule has 0 unspecified atom stereocenters. The van der Waals surface area contributed by atoms with E-state index in [2.05, 4.69) is 10.2 Å². The van der Waals surface area contributed by atoms with Gasteiger partial charge in [0.1, 0.15) is 5.82 Å². The van der Waals surface area contributed by atoms with Gasteiger partial charge in [-0.2, -0.15) is 0 Å². The highest BCUT2D eigenvalue weighted by Gasteiger charge is 2.24. The van der Waals surface area contributed by atoms with E-state index >= 15 is 0 Å². The van der Waals surface area contributed by atoms with Crippen LogP contribution >= 0.6 is 23.8 Å². The monoisotopic (exact) mass is 362 g/mol. The smallest absolute Gasteiger partial charge is 0.173 e. The number of hydrogen-bond acceptors (Lipinski definition) is 1. The second-order valence-electron chi connectivity index (χ2n) is 6.13. The standard InChI is InChI=1S/C19H20ClFN2S/c20-15-7-11-17(12-8-15)22-19(24)23(18-3-1-2-4-18)13-14-5-9-16(21)10-6-14/h5-12,18H,1-4,13H2,(H,22,24). The second kappa shape index (κ2) is 7.95. The van der Waals surface area contributed by atoms with Gasteiger partial charge in [0.15, 0.2) is 5.11 Å². The molecule has 24 heavy (non-hydrogen) atoms. The van der Waals surface area contributed by atoms with Crippen LogP contribution in [0.15, 0.2) is 48.5 Å². The predicted octanol–water partition coefficient (Wildman–Crippen LogP) is 5.62. The molecule has 2 aromatic rings. The summed E-state index contributed by atoms with van der Waals surface area (Å²) in [5.41, 5.74) is 1.98. The minimum atomic E-state index is -0.215. The van der Waals surface area contributed by atoms with Gasteiger partial charge in [-0.3, -0.25) is 0 Å². The van der Waals surface area contributed by atoms with E-state index in [1.807, 2.05) is 36.4 Å². The summed E-state index contributed by atoms with van der Waals surface area (Å²) in [6.45, 7) is 0.685. The Bertz CT molecular complexity index is 682. The van der Waals surface area contributed by atoms with E-state index in [1.165, 1.54) is 25.0 Å². The zero-order chi connectivity index (χ0) is 16.9. The van der Waals surface area contributed by atoms with Crippen molar-refractivity contribution < 1.29 is 4.39 Å². The van der Waals surface area contributed by atoms with Gasteiger partial charge in [0, 0.05) is 23.3 Å². The first-order valence-electron chi connectivity index (χ1n) is 8.19. The van der Waals surface area contributed by atoms with E-state index in [0.29, 0.717) is 22.7 Å². The van der Waals surface area contributed by atoms with Crippen LogP contribution in [-0.2, 0) is 6.54 Å². The number of halogens is 2. The van der Waals surface area contributed by atoms with E-state index in [0.717, 1.165) is 24.1 Å². The fraction of sp³-hybridized carbons (Fsp3) is 0.316. The third-order valence-corrected chi connectivity index (χ3v) is 4.98. The maximum atomic E-state index is 13.1. The topological polar surface area (TPSA) is 15.3 Å². The largest absolute Gasteiger partial charge is 0.342 e. The third kappa shape index (κ3) is 4.46. The Labute approximate surface area is 152 Å². The molecule has 2 nitrogen and oxygen atoms in total. The van der Waals surface area contributed by atoms with Crippen LogP contribution in [0.25, 0.3) is 0 Å². The molecule has 0 atom stereocenters. The van der Waals surface area contributed by atoms with Crippen molar-refractivity contribution in [1.29, 1.82) is 0 Å². The van der Waals surface area contributed by atoms with Crippen LogP contribution in [0.1, 0.15) is 31.2 Å². The molecular weight excluding hydrogens is 343 g/mol. The highest BCUT2D eigenvalue weighted by molar-refractivity contribution is 7.80. The zero-order valence-electron chi connectivity index (χ0n) is 13.3. The first kappa shape index (κ1) is 17.2. The summed E-state index contributed by atoms with van der Waals surface area (Å²) in [6.07, 6.45) is 4.75. The minimum absolute atomic E-state index is 0.215. The highest BCUT2D eigenvalue weighted by Crippen LogP contribution is 2.26. The van der Waals surface area contributed by atoms with E-state index in [9.17, 15) is 4.39 Å². The summed E-state index contributed by atoms with van der Waals surface area (Å²) in [6, 6.07) is 14.6. The van der Waals surface area contributed by atoms with Crippen molar-refractivity contribution in [2.45, 2.75) is 38.3 Å². The quantitative estimate of drug-likeness (QED) is 0.710. The van der Waals surface area contributed by atoms with Gasteiger partial charge in [-0.05, 0) is 67.0 Å². The number of benzene rings is 2. The van der Waals surface area contributed by atoms with Crippen molar-refractivity contribution in [3.8, 4) is 0 Å².